The molecule has 100 valence electrons. The predicted molar refractivity (Wildman–Crippen MR) is 71.1 cm³/mol. The number of anilines is 1. The summed E-state index contributed by atoms with van der Waals surface area (Å²) in [6.45, 7) is 4.59. The summed E-state index contributed by atoms with van der Waals surface area (Å²) in [4.78, 5) is 12.3. The van der Waals surface area contributed by atoms with Crippen molar-refractivity contribution in [3.05, 3.63) is 5.28 Å². The summed E-state index contributed by atoms with van der Waals surface area (Å²) in [7, 11) is 0. The van der Waals surface area contributed by atoms with Crippen molar-refractivity contribution in [3.8, 4) is 6.01 Å². The van der Waals surface area contributed by atoms with Gasteiger partial charge >= 0.3 is 6.01 Å². The zero-order chi connectivity index (χ0) is 13.0. The van der Waals surface area contributed by atoms with E-state index < -0.39 is 0 Å². The lowest BCUT2D eigenvalue weighted by Gasteiger charge is -2.34. The SMILES string of the molecule is CCOc1nc(Cl)nc(NC2(C)CCCCC2)n1. The first-order chi connectivity index (χ1) is 8.61. The molecule has 18 heavy (non-hydrogen) atoms. The molecule has 0 spiro atoms. The van der Waals surface area contributed by atoms with Crippen molar-refractivity contribution in [2.45, 2.75) is 51.5 Å². The average Bonchev–Trinajstić information content (AvgIpc) is 2.28. The number of hydrogen-bond acceptors (Lipinski definition) is 5. The highest BCUT2D eigenvalue weighted by molar-refractivity contribution is 6.28. The van der Waals surface area contributed by atoms with E-state index in [1.54, 1.807) is 0 Å². The molecule has 1 fully saturated rings. The number of hydrogen-bond donors (Lipinski definition) is 1. The lowest BCUT2D eigenvalue weighted by molar-refractivity contribution is 0.310. The molecule has 2 rings (SSSR count). The van der Waals surface area contributed by atoms with Gasteiger partial charge in [-0.25, -0.2) is 0 Å². The van der Waals surface area contributed by atoms with Gasteiger partial charge in [-0.15, -0.1) is 0 Å². The van der Waals surface area contributed by atoms with Gasteiger partial charge in [-0.2, -0.15) is 15.0 Å². The number of nitrogens with zero attached hydrogens (tertiary/aromatic N) is 3. The van der Waals surface area contributed by atoms with Crippen LogP contribution in [0.2, 0.25) is 5.28 Å². The Morgan fingerprint density at radius 3 is 2.61 bits per heavy atom. The van der Waals surface area contributed by atoms with Gasteiger partial charge < -0.3 is 10.1 Å². The van der Waals surface area contributed by atoms with Gasteiger partial charge in [0.2, 0.25) is 11.2 Å². The summed E-state index contributed by atoms with van der Waals surface area (Å²) >= 11 is 5.87. The first-order valence-corrected chi connectivity index (χ1v) is 6.82. The average molecular weight is 271 g/mol. The molecule has 1 N–H and O–H groups in total. The van der Waals surface area contributed by atoms with Crippen LogP contribution in [0.15, 0.2) is 0 Å². The third kappa shape index (κ3) is 3.45. The van der Waals surface area contributed by atoms with Crippen LogP contribution < -0.4 is 10.1 Å². The van der Waals surface area contributed by atoms with E-state index in [4.69, 9.17) is 16.3 Å². The van der Waals surface area contributed by atoms with E-state index in [1.807, 2.05) is 6.92 Å². The van der Waals surface area contributed by atoms with E-state index in [-0.39, 0.29) is 16.8 Å². The second-order valence-corrected chi connectivity index (χ2v) is 5.23. The molecule has 1 aliphatic rings. The molecule has 0 radical (unpaired) electrons. The van der Waals surface area contributed by atoms with E-state index in [9.17, 15) is 0 Å². The van der Waals surface area contributed by atoms with Gasteiger partial charge in [0.25, 0.3) is 0 Å². The normalized spacial score (nSPS) is 18.4. The summed E-state index contributed by atoms with van der Waals surface area (Å²) in [6, 6.07) is 0.277. The molecule has 0 aliphatic heterocycles. The van der Waals surface area contributed by atoms with Crippen LogP contribution in [0, 0.1) is 0 Å². The summed E-state index contributed by atoms with van der Waals surface area (Å²) < 4.78 is 5.26. The smallest absolute Gasteiger partial charge is 0.322 e. The molecule has 1 aromatic rings. The summed E-state index contributed by atoms with van der Waals surface area (Å²) in [5.41, 5.74) is 0.0480. The zero-order valence-electron chi connectivity index (χ0n) is 10.9. The van der Waals surface area contributed by atoms with E-state index in [1.165, 1.54) is 19.3 Å². The Bertz CT molecular complexity index is 407. The minimum absolute atomic E-state index is 0.0480. The number of ether oxygens (including phenoxy) is 1. The molecule has 1 heterocycles. The third-order valence-electron chi connectivity index (χ3n) is 3.23. The monoisotopic (exact) mass is 270 g/mol. The third-order valence-corrected chi connectivity index (χ3v) is 3.40. The molecule has 1 aliphatic carbocycles. The Labute approximate surface area is 112 Å². The maximum Gasteiger partial charge on any atom is 0.322 e. The minimum Gasteiger partial charge on any atom is -0.464 e. The first-order valence-electron chi connectivity index (χ1n) is 6.44. The Kier molecular flexibility index (Phi) is 4.22. The van der Waals surface area contributed by atoms with Crippen LogP contribution in [0.5, 0.6) is 6.01 Å². The minimum atomic E-state index is 0.0480. The number of aromatic nitrogens is 3. The molecule has 6 heteroatoms. The maximum absolute atomic E-state index is 5.87. The Morgan fingerprint density at radius 1 is 1.22 bits per heavy atom. The quantitative estimate of drug-likeness (QED) is 0.911. The topological polar surface area (TPSA) is 59.9 Å². The van der Waals surface area contributed by atoms with Gasteiger partial charge in [-0.1, -0.05) is 19.3 Å². The molecule has 5 nitrogen and oxygen atoms in total. The van der Waals surface area contributed by atoms with Gasteiger partial charge in [0.15, 0.2) is 0 Å². The van der Waals surface area contributed by atoms with Crippen LogP contribution in [0.1, 0.15) is 46.0 Å². The highest BCUT2D eigenvalue weighted by Crippen LogP contribution is 2.30. The molecule has 0 unspecified atom stereocenters. The van der Waals surface area contributed by atoms with Crippen molar-refractivity contribution < 1.29 is 4.74 Å². The maximum atomic E-state index is 5.87. The number of nitrogens with one attached hydrogen (secondary N) is 1. The fourth-order valence-corrected chi connectivity index (χ4v) is 2.46. The molecule has 0 bridgehead atoms. The number of rotatable bonds is 4. The largest absolute Gasteiger partial charge is 0.464 e. The Morgan fingerprint density at radius 2 is 1.94 bits per heavy atom. The number of halogens is 1. The molecule has 0 saturated heterocycles. The van der Waals surface area contributed by atoms with Crippen molar-refractivity contribution in [2.24, 2.45) is 0 Å². The van der Waals surface area contributed by atoms with Gasteiger partial charge in [-0.05, 0) is 38.3 Å². The van der Waals surface area contributed by atoms with Gasteiger partial charge in [0, 0.05) is 5.54 Å². The Balaban J connectivity index is 2.12. The van der Waals surface area contributed by atoms with Crippen molar-refractivity contribution in [1.29, 1.82) is 0 Å². The van der Waals surface area contributed by atoms with Crippen molar-refractivity contribution in [2.75, 3.05) is 11.9 Å². The summed E-state index contributed by atoms with van der Waals surface area (Å²) in [5.74, 6) is 0.503. The molecular weight excluding hydrogens is 252 g/mol. The van der Waals surface area contributed by atoms with Gasteiger partial charge in [0.1, 0.15) is 0 Å². The zero-order valence-corrected chi connectivity index (χ0v) is 11.6. The van der Waals surface area contributed by atoms with Crippen LogP contribution in [0.3, 0.4) is 0 Å². The highest BCUT2D eigenvalue weighted by atomic mass is 35.5. The van der Waals surface area contributed by atoms with Crippen LogP contribution >= 0.6 is 11.6 Å². The molecular formula is C12H19ClN4O. The molecule has 1 aromatic heterocycles. The fraction of sp³-hybridized carbons (Fsp3) is 0.750. The van der Waals surface area contributed by atoms with E-state index in [2.05, 4.69) is 27.2 Å². The molecule has 0 atom stereocenters. The van der Waals surface area contributed by atoms with Gasteiger partial charge in [0.05, 0.1) is 6.61 Å². The molecule has 0 aromatic carbocycles. The lowest BCUT2D eigenvalue weighted by atomic mass is 9.83. The second kappa shape index (κ2) is 5.69. The Hall–Kier alpha value is -1.10. The molecule has 0 amide bonds. The van der Waals surface area contributed by atoms with E-state index in [0.29, 0.717) is 12.6 Å². The van der Waals surface area contributed by atoms with Crippen molar-refractivity contribution >= 4 is 17.5 Å². The van der Waals surface area contributed by atoms with Crippen LogP contribution in [0.4, 0.5) is 5.95 Å². The lowest BCUT2D eigenvalue weighted by Crippen LogP contribution is -2.37. The summed E-state index contributed by atoms with van der Waals surface area (Å²) in [6.07, 6.45) is 6.03. The van der Waals surface area contributed by atoms with Gasteiger partial charge in [-0.3, -0.25) is 0 Å². The van der Waals surface area contributed by atoms with Crippen molar-refractivity contribution in [1.82, 2.24) is 15.0 Å². The van der Waals surface area contributed by atoms with E-state index in [0.717, 1.165) is 12.8 Å². The molecule has 1 saturated carbocycles. The second-order valence-electron chi connectivity index (χ2n) is 4.89. The van der Waals surface area contributed by atoms with E-state index >= 15 is 0 Å². The first kappa shape index (κ1) is 13.3. The van der Waals surface area contributed by atoms with Crippen LogP contribution in [0.25, 0.3) is 0 Å². The standard InChI is InChI=1S/C12H19ClN4O/c1-3-18-11-15-9(13)14-10(16-11)17-12(2)7-5-4-6-8-12/h3-8H2,1-2H3,(H,14,15,16,17). The summed E-state index contributed by atoms with van der Waals surface area (Å²) in [5, 5.41) is 3.53. The van der Waals surface area contributed by atoms with Crippen molar-refractivity contribution in [3.63, 3.8) is 0 Å². The fourth-order valence-electron chi connectivity index (χ4n) is 2.31. The highest BCUT2D eigenvalue weighted by Gasteiger charge is 2.27. The predicted octanol–water partition coefficient (Wildman–Crippen LogP) is 3.06. The van der Waals surface area contributed by atoms with Crippen LogP contribution in [-0.4, -0.2) is 27.1 Å². The van der Waals surface area contributed by atoms with Crippen LogP contribution in [-0.2, 0) is 0 Å².